The molecular weight excluding hydrogens is 320 g/mol. The van der Waals surface area contributed by atoms with Crippen LogP contribution in [-0.4, -0.2) is 8.07 Å². The molecule has 0 aliphatic heterocycles. The summed E-state index contributed by atoms with van der Waals surface area (Å²) in [6, 6.07) is 8.75. The van der Waals surface area contributed by atoms with Gasteiger partial charge in [0.05, 0.1) is 14.3 Å². The van der Waals surface area contributed by atoms with E-state index in [0.717, 1.165) is 5.76 Å². The number of rotatable bonds is 3. The Labute approximate surface area is 151 Å². The molecule has 2 aromatic rings. The van der Waals surface area contributed by atoms with Crippen LogP contribution in [0.1, 0.15) is 42.5 Å². The lowest BCUT2D eigenvalue weighted by Gasteiger charge is -2.31. The van der Waals surface area contributed by atoms with Gasteiger partial charge in [-0.05, 0) is 49.9 Å². The lowest BCUT2D eigenvalue weighted by atomic mass is 10.00. The van der Waals surface area contributed by atoms with Crippen molar-refractivity contribution < 1.29 is 4.42 Å². The Morgan fingerprint density at radius 1 is 1.08 bits per heavy atom. The van der Waals surface area contributed by atoms with Gasteiger partial charge in [0.1, 0.15) is 5.76 Å². The van der Waals surface area contributed by atoms with E-state index in [1.807, 2.05) is 6.07 Å². The maximum atomic E-state index is 5.78. The van der Waals surface area contributed by atoms with Crippen molar-refractivity contribution in [2.45, 2.75) is 45.8 Å². The molecule has 0 spiro atoms. The number of fused-ring (bicyclic) bond motifs is 1. The summed E-state index contributed by atoms with van der Waals surface area (Å²) in [5.74, 6) is 1.01. The Morgan fingerprint density at radius 2 is 1.88 bits per heavy atom. The summed E-state index contributed by atoms with van der Waals surface area (Å²) in [6.45, 7) is 11.7. The van der Waals surface area contributed by atoms with Crippen molar-refractivity contribution >= 4 is 14.1 Å². The predicted molar refractivity (Wildman–Crippen MR) is 109 cm³/mol. The third-order valence-electron chi connectivity index (χ3n) is 6.16. The van der Waals surface area contributed by atoms with E-state index in [9.17, 15) is 0 Å². The number of benzene rings is 1. The molecule has 0 radical (unpaired) electrons. The van der Waals surface area contributed by atoms with Crippen LogP contribution >= 0.6 is 0 Å². The molecule has 2 heteroatoms. The number of hydrogen-bond donors (Lipinski definition) is 0. The summed E-state index contributed by atoms with van der Waals surface area (Å²) < 4.78 is 5.78. The SMILES string of the molecule is CC1=C(C)CC([Si](C)(C)C2C=Cc3c(-c4occc4C)cccc32)=C1. The Hall–Kier alpha value is -2.06. The summed E-state index contributed by atoms with van der Waals surface area (Å²) in [6.07, 6.45) is 10.2. The highest BCUT2D eigenvalue weighted by Crippen LogP contribution is 2.46. The van der Waals surface area contributed by atoms with Gasteiger partial charge in [0, 0.05) is 11.1 Å². The van der Waals surface area contributed by atoms with Crippen LogP contribution in [0.15, 0.2) is 63.4 Å². The molecule has 0 N–H and O–H groups in total. The van der Waals surface area contributed by atoms with E-state index in [1.165, 1.54) is 39.8 Å². The highest BCUT2D eigenvalue weighted by molar-refractivity contribution is 6.86. The van der Waals surface area contributed by atoms with E-state index in [-0.39, 0.29) is 0 Å². The topological polar surface area (TPSA) is 13.1 Å². The van der Waals surface area contributed by atoms with Crippen LogP contribution in [-0.2, 0) is 0 Å². The average molecular weight is 347 g/mol. The third kappa shape index (κ3) is 2.51. The molecule has 0 saturated heterocycles. The molecule has 1 atom stereocenters. The average Bonchev–Trinajstić information content (AvgIpc) is 3.27. The molecule has 4 rings (SSSR count). The van der Waals surface area contributed by atoms with Crippen molar-refractivity contribution in [1.82, 2.24) is 0 Å². The molecule has 1 unspecified atom stereocenters. The van der Waals surface area contributed by atoms with Crippen LogP contribution < -0.4 is 0 Å². The zero-order chi connectivity index (χ0) is 17.8. The highest BCUT2D eigenvalue weighted by Gasteiger charge is 2.39. The smallest absolute Gasteiger partial charge is 0.137 e. The van der Waals surface area contributed by atoms with Crippen LogP contribution in [0.3, 0.4) is 0 Å². The Bertz CT molecular complexity index is 937. The summed E-state index contributed by atoms with van der Waals surface area (Å²) in [7, 11) is -1.59. The first-order valence-electron chi connectivity index (χ1n) is 9.12. The molecule has 128 valence electrons. The van der Waals surface area contributed by atoms with E-state index in [1.54, 1.807) is 11.5 Å². The normalized spacial score (nSPS) is 19.6. The fourth-order valence-electron chi connectivity index (χ4n) is 4.29. The van der Waals surface area contributed by atoms with Crippen molar-refractivity contribution in [1.29, 1.82) is 0 Å². The second-order valence-corrected chi connectivity index (χ2v) is 12.8. The monoisotopic (exact) mass is 346 g/mol. The molecule has 1 nitrogen and oxygen atoms in total. The summed E-state index contributed by atoms with van der Waals surface area (Å²) in [5.41, 5.74) is 8.82. The van der Waals surface area contributed by atoms with Crippen LogP contribution in [0.25, 0.3) is 17.4 Å². The largest absolute Gasteiger partial charge is 0.464 e. The van der Waals surface area contributed by atoms with Gasteiger partial charge in [-0.15, -0.1) is 0 Å². The van der Waals surface area contributed by atoms with Gasteiger partial charge in [-0.1, -0.05) is 65.9 Å². The maximum absolute atomic E-state index is 5.78. The van der Waals surface area contributed by atoms with Crippen molar-refractivity contribution in [2.24, 2.45) is 0 Å². The van der Waals surface area contributed by atoms with Crippen molar-refractivity contribution in [2.75, 3.05) is 0 Å². The van der Waals surface area contributed by atoms with Gasteiger partial charge < -0.3 is 4.42 Å². The molecular formula is C23H26OSi. The van der Waals surface area contributed by atoms with Crippen LogP contribution in [0.4, 0.5) is 0 Å². The van der Waals surface area contributed by atoms with Crippen LogP contribution in [0.2, 0.25) is 13.1 Å². The number of allylic oxidation sites excluding steroid dienone is 5. The summed E-state index contributed by atoms with van der Waals surface area (Å²) in [5, 5.41) is 1.68. The van der Waals surface area contributed by atoms with Gasteiger partial charge in [-0.25, -0.2) is 0 Å². The molecule has 0 fully saturated rings. The molecule has 0 amide bonds. The van der Waals surface area contributed by atoms with Crippen LogP contribution in [0, 0.1) is 6.92 Å². The second kappa shape index (κ2) is 5.74. The van der Waals surface area contributed by atoms with E-state index in [0.29, 0.717) is 5.54 Å². The minimum absolute atomic E-state index is 0.544. The maximum Gasteiger partial charge on any atom is 0.137 e. The minimum atomic E-state index is -1.59. The lowest BCUT2D eigenvalue weighted by molar-refractivity contribution is 0.580. The first-order valence-corrected chi connectivity index (χ1v) is 12.2. The van der Waals surface area contributed by atoms with Gasteiger partial charge >= 0.3 is 0 Å². The first kappa shape index (κ1) is 16.4. The molecule has 25 heavy (non-hydrogen) atoms. The molecule has 1 aromatic heterocycles. The Morgan fingerprint density at radius 3 is 2.52 bits per heavy atom. The zero-order valence-corrected chi connectivity index (χ0v) is 16.8. The molecule has 0 bridgehead atoms. The first-order chi connectivity index (χ1) is 11.9. The zero-order valence-electron chi connectivity index (χ0n) is 15.8. The van der Waals surface area contributed by atoms with Crippen LogP contribution in [0.5, 0.6) is 0 Å². The van der Waals surface area contributed by atoms with E-state index in [2.05, 4.69) is 70.3 Å². The molecule has 2 aliphatic rings. The third-order valence-corrected chi connectivity index (χ3v) is 10.2. The number of aryl methyl sites for hydroxylation is 1. The van der Waals surface area contributed by atoms with Crippen molar-refractivity contribution in [3.05, 3.63) is 75.7 Å². The fraction of sp³-hybridized carbons (Fsp3) is 0.304. The van der Waals surface area contributed by atoms with E-state index < -0.39 is 8.07 Å². The Balaban J connectivity index is 1.76. The minimum Gasteiger partial charge on any atom is -0.464 e. The number of furan rings is 1. The summed E-state index contributed by atoms with van der Waals surface area (Å²) >= 11 is 0. The second-order valence-electron chi connectivity index (χ2n) is 8.11. The molecule has 1 aromatic carbocycles. The Kier molecular flexibility index (Phi) is 3.77. The highest BCUT2D eigenvalue weighted by atomic mass is 28.3. The van der Waals surface area contributed by atoms with Gasteiger partial charge in [0.15, 0.2) is 0 Å². The van der Waals surface area contributed by atoms with E-state index >= 15 is 0 Å². The standard InChI is InChI=1S/C23H26OSi/c1-15-11-12-24-23(15)21-8-6-7-20-19(21)9-10-22(20)25(4,5)18-13-16(2)17(3)14-18/h6-13,22H,14H2,1-5H3. The van der Waals surface area contributed by atoms with Gasteiger partial charge in [0.25, 0.3) is 0 Å². The molecule has 1 heterocycles. The molecule has 0 saturated carbocycles. The van der Waals surface area contributed by atoms with Crippen molar-refractivity contribution in [3.8, 4) is 11.3 Å². The number of hydrogen-bond acceptors (Lipinski definition) is 1. The van der Waals surface area contributed by atoms with Gasteiger partial charge in [-0.3, -0.25) is 0 Å². The molecule has 2 aliphatic carbocycles. The predicted octanol–water partition coefficient (Wildman–Crippen LogP) is 6.82. The fourth-order valence-corrected chi connectivity index (χ4v) is 7.60. The lowest BCUT2D eigenvalue weighted by Crippen LogP contribution is -2.36. The van der Waals surface area contributed by atoms with Gasteiger partial charge in [-0.2, -0.15) is 0 Å². The summed E-state index contributed by atoms with van der Waals surface area (Å²) in [4.78, 5) is 0. The van der Waals surface area contributed by atoms with E-state index in [4.69, 9.17) is 4.42 Å². The van der Waals surface area contributed by atoms with Gasteiger partial charge in [0.2, 0.25) is 0 Å². The quantitative estimate of drug-likeness (QED) is 0.556. The van der Waals surface area contributed by atoms with Crippen molar-refractivity contribution in [3.63, 3.8) is 0 Å².